The van der Waals surface area contributed by atoms with Gasteiger partial charge in [-0.25, -0.2) is 4.98 Å². The van der Waals surface area contributed by atoms with Crippen LogP contribution in [0.15, 0.2) is 28.7 Å². The lowest BCUT2D eigenvalue weighted by molar-refractivity contribution is -0.142. The van der Waals surface area contributed by atoms with Gasteiger partial charge in [-0.1, -0.05) is 22.0 Å². The third-order valence-electron chi connectivity index (χ3n) is 2.70. The molecule has 1 aromatic carbocycles. The van der Waals surface area contributed by atoms with Gasteiger partial charge in [0.1, 0.15) is 12.2 Å². The van der Waals surface area contributed by atoms with Gasteiger partial charge in [-0.2, -0.15) is 5.10 Å². The van der Waals surface area contributed by atoms with Crippen molar-refractivity contribution >= 4 is 27.6 Å². The molecule has 7 heteroatoms. The van der Waals surface area contributed by atoms with Crippen LogP contribution < -0.4 is 5.32 Å². The van der Waals surface area contributed by atoms with E-state index in [1.807, 2.05) is 24.3 Å². The maximum absolute atomic E-state index is 11.3. The Morgan fingerprint density at radius 3 is 3.10 bits per heavy atom. The van der Waals surface area contributed by atoms with Gasteiger partial charge in [0.25, 0.3) is 0 Å². The fourth-order valence-electron chi connectivity index (χ4n) is 1.79. The normalized spacial score (nSPS) is 10.4. The number of benzene rings is 1. The van der Waals surface area contributed by atoms with Crippen molar-refractivity contribution in [2.75, 3.05) is 18.5 Å². The molecule has 0 aliphatic rings. The summed E-state index contributed by atoms with van der Waals surface area (Å²) in [6.45, 7) is 2.86. The van der Waals surface area contributed by atoms with E-state index in [1.54, 1.807) is 6.92 Å². The zero-order chi connectivity index (χ0) is 15.1. The fraction of sp³-hybridized carbons (Fsp3) is 0.357. The summed E-state index contributed by atoms with van der Waals surface area (Å²) in [5.74, 6) is 0.912. The van der Waals surface area contributed by atoms with Crippen LogP contribution in [-0.2, 0) is 22.4 Å². The molecule has 0 aliphatic heterocycles. The van der Waals surface area contributed by atoms with Gasteiger partial charge >= 0.3 is 5.97 Å². The van der Waals surface area contributed by atoms with Crippen molar-refractivity contribution in [3.05, 3.63) is 40.4 Å². The van der Waals surface area contributed by atoms with E-state index in [4.69, 9.17) is 4.74 Å². The van der Waals surface area contributed by atoms with E-state index in [1.165, 1.54) is 0 Å². The molecule has 1 aromatic heterocycles. The van der Waals surface area contributed by atoms with Crippen molar-refractivity contribution in [1.29, 1.82) is 0 Å². The highest BCUT2D eigenvalue weighted by Gasteiger charge is 2.09. The molecule has 0 bridgehead atoms. The van der Waals surface area contributed by atoms with E-state index in [2.05, 4.69) is 36.4 Å². The number of ether oxygens (including phenoxy) is 1. The Bertz CT molecular complexity index is 600. The number of aromatic nitrogens is 3. The predicted octanol–water partition coefficient (Wildman–Crippen LogP) is 2.33. The van der Waals surface area contributed by atoms with Gasteiger partial charge in [0.05, 0.1) is 6.61 Å². The number of hydrogen-bond acceptors (Lipinski definition) is 5. The molecule has 21 heavy (non-hydrogen) atoms. The lowest BCUT2D eigenvalue weighted by atomic mass is 10.3. The minimum Gasteiger partial charge on any atom is -0.466 e. The zero-order valence-corrected chi connectivity index (χ0v) is 13.3. The first-order chi connectivity index (χ1) is 10.2. The third kappa shape index (κ3) is 5.18. The molecule has 2 aromatic rings. The second-order valence-corrected chi connectivity index (χ2v) is 5.28. The van der Waals surface area contributed by atoms with Gasteiger partial charge in [-0.3, -0.25) is 9.89 Å². The Morgan fingerprint density at radius 1 is 1.48 bits per heavy atom. The summed E-state index contributed by atoms with van der Waals surface area (Å²) in [5.41, 5.74) is 1.03. The van der Waals surface area contributed by atoms with Crippen LogP contribution in [0.2, 0.25) is 0 Å². The molecular weight excluding hydrogens is 336 g/mol. The molecule has 0 saturated heterocycles. The summed E-state index contributed by atoms with van der Waals surface area (Å²) >= 11 is 3.42. The number of halogens is 1. The molecule has 0 spiro atoms. The summed E-state index contributed by atoms with van der Waals surface area (Å²) < 4.78 is 5.89. The SMILES string of the molecule is CCOC(=O)Cc1nc(CCNc2cccc(Br)c2)n[nH]1. The van der Waals surface area contributed by atoms with E-state index in [9.17, 15) is 4.79 Å². The molecular formula is C14H17BrN4O2. The van der Waals surface area contributed by atoms with Crippen LogP contribution in [0.3, 0.4) is 0 Å². The molecule has 6 nitrogen and oxygen atoms in total. The molecule has 0 radical (unpaired) electrons. The van der Waals surface area contributed by atoms with Crippen LogP contribution >= 0.6 is 15.9 Å². The number of aromatic amines is 1. The van der Waals surface area contributed by atoms with Gasteiger partial charge < -0.3 is 10.1 Å². The average Bonchev–Trinajstić information content (AvgIpc) is 2.86. The lowest BCUT2D eigenvalue weighted by Gasteiger charge is -2.04. The van der Waals surface area contributed by atoms with Crippen molar-refractivity contribution in [3.8, 4) is 0 Å². The van der Waals surface area contributed by atoms with E-state index in [0.29, 0.717) is 31.2 Å². The molecule has 0 unspecified atom stereocenters. The number of nitrogens with one attached hydrogen (secondary N) is 2. The first-order valence-electron chi connectivity index (χ1n) is 6.72. The summed E-state index contributed by atoms with van der Waals surface area (Å²) in [7, 11) is 0. The number of rotatable bonds is 7. The van der Waals surface area contributed by atoms with Crippen LogP contribution in [0, 0.1) is 0 Å². The zero-order valence-electron chi connectivity index (χ0n) is 11.7. The van der Waals surface area contributed by atoms with Crippen molar-refractivity contribution in [2.45, 2.75) is 19.8 Å². The van der Waals surface area contributed by atoms with E-state index >= 15 is 0 Å². The fourth-order valence-corrected chi connectivity index (χ4v) is 2.19. The second-order valence-electron chi connectivity index (χ2n) is 4.37. The molecule has 0 aliphatic carbocycles. The molecule has 0 amide bonds. The van der Waals surface area contributed by atoms with Crippen LogP contribution in [-0.4, -0.2) is 34.3 Å². The van der Waals surface area contributed by atoms with Gasteiger partial charge in [0.2, 0.25) is 0 Å². The lowest BCUT2D eigenvalue weighted by Crippen LogP contribution is -2.09. The van der Waals surface area contributed by atoms with Crippen molar-refractivity contribution in [3.63, 3.8) is 0 Å². The minimum atomic E-state index is -0.299. The molecule has 1 heterocycles. The Morgan fingerprint density at radius 2 is 2.33 bits per heavy atom. The summed E-state index contributed by atoms with van der Waals surface area (Å²) in [5, 5.41) is 10.1. The summed E-state index contributed by atoms with van der Waals surface area (Å²) in [6, 6.07) is 7.94. The van der Waals surface area contributed by atoms with Crippen LogP contribution in [0.4, 0.5) is 5.69 Å². The molecule has 0 atom stereocenters. The van der Waals surface area contributed by atoms with Crippen molar-refractivity contribution < 1.29 is 9.53 Å². The van der Waals surface area contributed by atoms with Gasteiger partial charge in [0, 0.05) is 23.1 Å². The number of carbonyl (C=O) groups is 1. The van der Waals surface area contributed by atoms with Gasteiger partial charge in [-0.15, -0.1) is 0 Å². The molecule has 0 fully saturated rings. The number of hydrogen-bond donors (Lipinski definition) is 2. The first kappa shape index (κ1) is 15.5. The quantitative estimate of drug-likeness (QED) is 0.747. The number of carbonyl (C=O) groups excluding carboxylic acids is 1. The Balaban J connectivity index is 1.79. The van der Waals surface area contributed by atoms with Crippen LogP contribution in [0.5, 0.6) is 0 Å². The van der Waals surface area contributed by atoms with Crippen LogP contribution in [0.1, 0.15) is 18.6 Å². The minimum absolute atomic E-state index is 0.125. The number of H-pyrrole nitrogens is 1. The first-order valence-corrected chi connectivity index (χ1v) is 7.52. The number of esters is 1. The maximum atomic E-state index is 11.3. The van der Waals surface area contributed by atoms with E-state index in [-0.39, 0.29) is 12.4 Å². The molecule has 112 valence electrons. The molecule has 0 saturated carbocycles. The van der Waals surface area contributed by atoms with Crippen LogP contribution in [0.25, 0.3) is 0 Å². The second kappa shape index (κ2) is 7.78. The standard InChI is InChI=1S/C14H17BrN4O2/c1-2-21-14(20)9-13-17-12(18-19-13)6-7-16-11-5-3-4-10(15)8-11/h3-5,8,16H,2,6-7,9H2,1H3,(H,17,18,19). The monoisotopic (exact) mass is 352 g/mol. The van der Waals surface area contributed by atoms with Crippen molar-refractivity contribution in [1.82, 2.24) is 15.2 Å². The highest BCUT2D eigenvalue weighted by Crippen LogP contribution is 2.15. The topological polar surface area (TPSA) is 79.9 Å². The highest BCUT2D eigenvalue weighted by molar-refractivity contribution is 9.10. The Kier molecular flexibility index (Phi) is 5.74. The maximum Gasteiger partial charge on any atom is 0.313 e. The number of nitrogens with zero attached hydrogens (tertiary/aromatic N) is 2. The average molecular weight is 353 g/mol. The Labute approximate surface area is 131 Å². The highest BCUT2D eigenvalue weighted by atomic mass is 79.9. The van der Waals surface area contributed by atoms with Crippen molar-refractivity contribution in [2.24, 2.45) is 0 Å². The number of anilines is 1. The van der Waals surface area contributed by atoms with Gasteiger partial charge in [0.15, 0.2) is 5.82 Å². The van der Waals surface area contributed by atoms with E-state index < -0.39 is 0 Å². The van der Waals surface area contributed by atoms with E-state index in [0.717, 1.165) is 10.2 Å². The van der Waals surface area contributed by atoms with Gasteiger partial charge in [-0.05, 0) is 25.1 Å². The summed E-state index contributed by atoms with van der Waals surface area (Å²) in [4.78, 5) is 15.6. The predicted molar refractivity (Wildman–Crippen MR) is 83.1 cm³/mol. The smallest absolute Gasteiger partial charge is 0.313 e. The largest absolute Gasteiger partial charge is 0.466 e. The molecule has 2 rings (SSSR count). The Hall–Kier alpha value is -1.89. The molecule has 2 N–H and O–H groups in total. The summed E-state index contributed by atoms with van der Waals surface area (Å²) in [6.07, 6.45) is 0.797. The third-order valence-corrected chi connectivity index (χ3v) is 3.19.